The second kappa shape index (κ2) is 10.7. The molecule has 2 aromatic heterocycles. The number of carbonyl (C=O) groups excluding carboxylic acids is 2. The third-order valence-corrected chi connectivity index (χ3v) is 5.40. The Kier molecular flexibility index (Phi) is 7.71. The van der Waals surface area contributed by atoms with E-state index in [-0.39, 0.29) is 12.5 Å². The minimum Gasteiger partial charge on any atom is -0.467 e. The van der Waals surface area contributed by atoms with Gasteiger partial charge in [-0.25, -0.2) is 4.79 Å². The molecule has 0 fully saturated rings. The lowest BCUT2D eigenvalue weighted by molar-refractivity contribution is -0.143. The number of nitrogens with zero attached hydrogens (tertiary/aromatic N) is 1. The molecule has 3 rings (SSSR count). The van der Waals surface area contributed by atoms with Crippen molar-refractivity contribution in [2.75, 3.05) is 13.2 Å². The number of hydrogen-bond acceptors (Lipinski definition) is 4. The quantitative estimate of drug-likeness (QED) is 0.380. The standard InChI is InChI=1S/C24H30N2O4/c1-18-15-21(19(2)26(18)16-22-9-6-14-29-22)10-11-24(28)30-17-23(27)25-13-12-20-7-4-3-5-8-20/h6-7,9-11,14-15H,3-5,8,12-13,16-17H2,1-2H3,(H,25,27)/b11-10+. The summed E-state index contributed by atoms with van der Waals surface area (Å²) < 4.78 is 12.6. The Bertz CT molecular complexity index is 919. The Morgan fingerprint density at radius 2 is 2.17 bits per heavy atom. The van der Waals surface area contributed by atoms with Crippen molar-refractivity contribution in [3.8, 4) is 0 Å². The zero-order chi connectivity index (χ0) is 21.3. The van der Waals surface area contributed by atoms with Gasteiger partial charge in [-0.2, -0.15) is 0 Å². The third kappa shape index (κ3) is 6.24. The van der Waals surface area contributed by atoms with E-state index in [1.54, 1.807) is 12.3 Å². The Hall–Kier alpha value is -3.02. The highest BCUT2D eigenvalue weighted by Gasteiger charge is 2.10. The highest BCUT2D eigenvalue weighted by molar-refractivity contribution is 5.89. The van der Waals surface area contributed by atoms with Crippen LogP contribution in [0.4, 0.5) is 0 Å². The molecular formula is C24H30N2O4. The van der Waals surface area contributed by atoms with Gasteiger partial charge in [-0.1, -0.05) is 11.6 Å². The summed E-state index contributed by atoms with van der Waals surface area (Å²) in [6, 6.07) is 5.81. The van der Waals surface area contributed by atoms with E-state index in [2.05, 4.69) is 16.0 Å². The number of hydrogen-bond donors (Lipinski definition) is 1. The van der Waals surface area contributed by atoms with E-state index in [4.69, 9.17) is 9.15 Å². The molecule has 0 unspecified atom stereocenters. The molecule has 1 aliphatic rings. The first-order chi connectivity index (χ1) is 14.5. The van der Waals surface area contributed by atoms with Crippen LogP contribution >= 0.6 is 0 Å². The van der Waals surface area contributed by atoms with Crippen molar-refractivity contribution < 1.29 is 18.7 Å². The number of rotatable bonds is 9. The molecule has 0 saturated carbocycles. The summed E-state index contributed by atoms with van der Waals surface area (Å²) in [6.45, 7) is 4.97. The average Bonchev–Trinajstić information content (AvgIpc) is 3.35. The van der Waals surface area contributed by atoms with E-state index in [0.29, 0.717) is 13.1 Å². The SMILES string of the molecule is Cc1cc(/C=C/C(=O)OCC(=O)NCCC2=CCCCC2)c(C)n1Cc1ccco1. The fourth-order valence-electron chi connectivity index (χ4n) is 3.69. The predicted octanol–water partition coefficient (Wildman–Crippen LogP) is 4.31. The first-order valence-corrected chi connectivity index (χ1v) is 10.5. The van der Waals surface area contributed by atoms with Crippen molar-refractivity contribution in [3.05, 3.63) is 64.9 Å². The third-order valence-electron chi connectivity index (χ3n) is 5.40. The van der Waals surface area contributed by atoms with Crippen LogP contribution in [-0.2, 0) is 20.9 Å². The van der Waals surface area contributed by atoms with Gasteiger partial charge in [-0.15, -0.1) is 0 Å². The van der Waals surface area contributed by atoms with E-state index in [9.17, 15) is 9.59 Å². The van der Waals surface area contributed by atoms with Crippen molar-refractivity contribution in [3.63, 3.8) is 0 Å². The van der Waals surface area contributed by atoms with Gasteiger partial charge in [0.05, 0.1) is 12.8 Å². The molecule has 1 aliphatic carbocycles. The maximum absolute atomic E-state index is 12.0. The molecule has 1 N–H and O–H groups in total. The lowest BCUT2D eigenvalue weighted by atomic mass is 9.97. The van der Waals surface area contributed by atoms with Crippen LogP contribution in [0.25, 0.3) is 6.08 Å². The van der Waals surface area contributed by atoms with Crippen molar-refractivity contribution in [1.29, 1.82) is 0 Å². The van der Waals surface area contributed by atoms with Gasteiger partial charge in [0, 0.05) is 24.0 Å². The van der Waals surface area contributed by atoms with Crippen LogP contribution < -0.4 is 5.32 Å². The minimum atomic E-state index is -0.532. The molecule has 0 spiro atoms. The number of ether oxygens (including phenoxy) is 1. The number of amides is 1. The molecule has 6 heteroatoms. The molecule has 30 heavy (non-hydrogen) atoms. The van der Waals surface area contributed by atoms with Gasteiger partial charge in [0.1, 0.15) is 5.76 Å². The highest BCUT2D eigenvalue weighted by atomic mass is 16.5. The van der Waals surface area contributed by atoms with Crippen molar-refractivity contribution in [2.24, 2.45) is 0 Å². The van der Waals surface area contributed by atoms with Crippen molar-refractivity contribution in [1.82, 2.24) is 9.88 Å². The molecule has 2 heterocycles. The summed E-state index contributed by atoms with van der Waals surface area (Å²) in [5, 5.41) is 2.81. The van der Waals surface area contributed by atoms with Gasteiger partial charge in [-0.3, -0.25) is 4.79 Å². The monoisotopic (exact) mass is 410 g/mol. The minimum absolute atomic E-state index is 0.264. The molecule has 6 nitrogen and oxygen atoms in total. The molecule has 0 aromatic carbocycles. The van der Waals surface area contributed by atoms with Crippen LogP contribution in [0.1, 0.15) is 54.8 Å². The zero-order valence-corrected chi connectivity index (χ0v) is 17.8. The van der Waals surface area contributed by atoms with E-state index >= 15 is 0 Å². The number of aromatic nitrogens is 1. The van der Waals surface area contributed by atoms with Gasteiger partial charge < -0.3 is 19.0 Å². The molecule has 1 amide bonds. The lowest BCUT2D eigenvalue weighted by Gasteiger charge is -2.12. The van der Waals surface area contributed by atoms with Gasteiger partial charge in [0.15, 0.2) is 6.61 Å². The number of aryl methyl sites for hydroxylation is 1. The lowest BCUT2D eigenvalue weighted by Crippen LogP contribution is -2.29. The van der Waals surface area contributed by atoms with Gasteiger partial charge in [0.2, 0.25) is 0 Å². The Morgan fingerprint density at radius 1 is 1.30 bits per heavy atom. The maximum Gasteiger partial charge on any atom is 0.331 e. The average molecular weight is 411 g/mol. The van der Waals surface area contributed by atoms with Crippen LogP contribution in [0.15, 0.2) is 46.6 Å². The maximum atomic E-state index is 12.0. The van der Waals surface area contributed by atoms with Crippen molar-refractivity contribution in [2.45, 2.75) is 52.5 Å². The number of allylic oxidation sites excluding steroid dienone is 1. The van der Waals surface area contributed by atoms with Crippen LogP contribution in [0.3, 0.4) is 0 Å². The van der Waals surface area contributed by atoms with E-state index in [0.717, 1.165) is 42.0 Å². The largest absolute Gasteiger partial charge is 0.467 e. The second-order valence-electron chi connectivity index (χ2n) is 7.64. The normalized spacial score (nSPS) is 14.0. The molecule has 0 saturated heterocycles. The summed E-state index contributed by atoms with van der Waals surface area (Å²) in [5.74, 6) is 0.0679. The Balaban J connectivity index is 1.43. The summed E-state index contributed by atoms with van der Waals surface area (Å²) in [6.07, 6.45) is 12.6. The predicted molar refractivity (Wildman–Crippen MR) is 116 cm³/mol. The van der Waals surface area contributed by atoms with Crippen LogP contribution in [0, 0.1) is 13.8 Å². The fraction of sp³-hybridized carbons (Fsp3) is 0.417. The number of carbonyl (C=O) groups is 2. The molecule has 0 bridgehead atoms. The zero-order valence-electron chi connectivity index (χ0n) is 17.8. The Morgan fingerprint density at radius 3 is 2.90 bits per heavy atom. The van der Waals surface area contributed by atoms with E-state index < -0.39 is 5.97 Å². The van der Waals surface area contributed by atoms with Gasteiger partial charge >= 0.3 is 5.97 Å². The fourth-order valence-corrected chi connectivity index (χ4v) is 3.69. The number of esters is 1. The van der Waals surface area contributed by atoms with Crippen LogP contribution in [0.5, 0.6) is 0 Å². The topological polar surface area (TPSA) is 73.5 Å². The van der Waals surface area contributed by atoms with Gasteiger partial charge in [-0.05, 0) is 75.8 Å². The first kappa shape index (κ1) is 21.7. The van der Waals surface area contributed by atoms with Crippen LogP contribution in [0.2, 0.25) is 0 Å². The number of furan rings is 1. The second-order valence-corrected chi connectivity index (χ2v) is 7.64. The van der Waals surface area contributed by atoms with Gasteiger partial charge in [0.25, 0.3) is 5.91 Å². The number of nitrogens with one attached hydrogen (secondary N) is 1. The molecule has 2 aromatic rings. The summed E-state index contributed by atoms with van der Waals surface area (Å²) in [4.78, 5) is 23.9. The van der Waals surface area contributed by atoms with Crippen molar-refractivity contribution >= 4 is 18.0 Å². The first-order valence-electron chi connectivity index (χ1n) is 10.5. The summed E-state index contributed by atoms with van der Waals surface area (Å²) in [5.41, 5.74) is 4.44. The smallest absolute Gasteiger partial charge is 0.331 e. The van der Waals surface area contributed by atoms with E-state index in [1.165, 1.54) is 24.5 Å². The summed E-state index contributed by atoms with van der Waals surface area (Å²) in [7, 11) is 0. The van der Waals surface area contributed by atoms with Crippen LogP contribution in [-0.4, -0.2) is 29.6 Å². The molecule has 0 atom stereocenters. The molecule has 0 aliphatic heterocycles. The Labute approximate surface area is 177 Å². The molecular weight excluding hydrogens is 380 g/mol. The highest BCUT2D eigenvalue weighted by Crippen LogP contribution is 2.20. The molecule has 160 valence electrons. The summed E-state index contributed by atoms with van der Waals surface area (Å²) >= 11 is 0. The van der Waals surface area contributed by atoms with E-state index in [1.807, 2.05) is 32.0 Å². The molecule has 0 radical (unpaired) electrons.